The normalized spacial score (nSPS) is 11.3. The molecule has 1 amide bonds. The molecular weight excluding hydrogens is 324 g/mol. The van der Waals surface area contributed by atoms with Gasteiger partial charge in [-0.25, -0.2) is 13.1 Å². The largest absolute Gasteiger partial charge is 0.351 e. The highest BCUT2D eigenvalue weighted by Crippen LogP contribution is 2.16. The molecule has 0 aliphatic heterocycles. The number of benzene rings is 2. The minimum Gasteiger partial charge on any atom is -0.351 e. The van der Waals surface area contributed by atoms with Gasteiger partial charge >= 0.3 is 0 Å². The van der Waals surface area contributed by atoms with Crippen molar-refractivity contribution in [2.45, 2.75) is 25.7 Å². The van der Waals surface area contributed by atoms with Crippen LogP contribution in [0.4, 0.5) is 0 Å². The average Bonchev–Trinajstić information content (AvgIpc) is 2.54. The van der Waals surface area contributed by atoms with Gasteiger partial charge in [0.25, 0.3) is 5.91 Å². The van der Waals surface area contributed by atoms with Crippen molar-refractivity contribution in [3.05, 3.63) is 64.7 Å². The lowest BCUT2D eigenvalue weighted by Crippen LogP contribution is -2.35. The quantitative estimate of drug-likeness (QED) is 0.788. The topological polar surface area (TPSA) is 75.3 Å². The van der Waals surface area contributed by atoms with Crippen LogP contribution in [-0.2, 0) is 10.0 Å². The van der Waals surface area contributed by atoms with E-state index in [0.29, 0.717) is 11.1 Å². The zero-order valence-corrected chi connectivity index (χ0v) is 14.9. The molecule has 0 saturated heterocycles. The van der Waals surface area contributed by atoms with E-state index in [-0.39, 0.29) is 23.9 Å². The summed E-state index contributed by atoms with van der Waals surface area (Å²) in [5.74, 6) is -0.209. The highest BCUT2D eigenvalue weighted by molar-refractivity contribution is 7.89. The highest BCUT2D eigenvalue weighted by Gasteiger charge is 2.16. The van der Waals surface area contributed by atoms with Crippen LogP contribution in [0, 0.1) is 20.8 Å². The van der Waals surface area contributed by atoms with Crippen molar-refractivity contribution >= 4 is 15.9 Å². The molecule has 0 atom stereocenters. The summed E-state index contributed by atoms with van der Waals surface area (Å²) in [6.45, 7) is 5.82. The van der Waals surface area contributed by atoms with Crippen LogP contribution in [0.25, 0.3) is 0 Å². The summed E-state index contributed by atoms with van der Waals surface area (Å²) in [5.41, 5.74) is 3.05. The second-order valence-corrected chi connectivity index (χ2v) is 7.47. The van der Waals surface area contributed by atoms with E-state index in [1.807, 2.05) is 32.0 Å². The van der Waals surface area contributed by atoms with E-state index in [2.05, 4.69) is 10.0 Å². The van der Waals surface area contributed by atoms with Crippen LogP contribution in [-0.4, -0.2) is 27.4 Å². The molecule has 24 heavy (non-hydrogen) atoms. The van der Waals surface area contributed by atoms with Crippen molar-refractivity contribution in [3.8, 4) is 0 Å². The third-order valence-corrected chi connectivity index (χ3v) is 5.33. The molecule has 2 N–H and O–H groups in total. The van der Waals surface area contributed by atoms with Gasteiger partial charge in [0.1, 0.15) is 0 Å². The van der Waals surface area contributed by atoms with Gasteiger partial charge in [-0.2, -0.15) is 0 Å². The first-order chi connectivity index (χ1) is 11.3. The number of nitrogens with one attached hydrogen (secondary N) is 2. The zero-order chi connectivity index (χ0) is 17.7. The van der Waals surface area contributed by atoms with Crippen molar-refractivity contribution in [2.75, 3.05) is 13.1 Å². The Bertz CT molecular complexity index is 845. The van der Waals surface area contributed by atoms with Crippen LogP contribution < -0.4 is 10.0 Å². The molecule has 5 nitrogen and oxygen atoms in total. The maximum atomic E-state index is 12.4. The minimum absolute atomic E-state index is 0.132. The molecule has 0 aliphatic rings. The standard InChI is InChI=1S/C18H22N2O3S/c1-13-8-9-15(3)17(12-13)24(22,23)20-11-10-19-18(21)16-7-5-4-6-14(16)2/h4-9,12,20H,10-11H2,1-3H3,(H,19,21). The van der Waals surface area contributed by atoms with E-state index < -0.39 is 10.0 Å². The van der Waals surface area contributed by atoms with Gasteiger partial charge in [0.05, 0.1) is 4.90 Å². The Morgan fingerprint density at radius 2 is 1.67 bits per heavy atom. The monoisotopic (exact) mass is 346 g/mol. The van der Waals surface area contributed by atoms with Crippen molar-refractivity contribution in [3.63, 3.8) is 0 Å². The summed E-state index contributed by atoms with van der Waals surface area (Å²) in [6, 6.07) is 12.6. The molecule has 2 aromatic carbocycles. The molecular formula is C18H22N2O3S. The molecule has 0 bridgehead atoms. The average molecular weight is 346 g/mol. The zero-order valence-electron chi connectivity index (χ0n) is 14.1. The Kier molecular flexibility index (Phi) is 5.75. The van der Waals surface area contributed by atoms with E-state index in [0.717, 1.165) is 11.1 Å². The summed E-state index contributed by atoms with van der Waals surface area (Å²) >= 11 is 0. The number of sulfonamides is 1. The van der Waals surface area contributed by atoms with Crippen LogP contribution in [0.15, 0.2) is 47.4 Å². The molecule has 0 unspecified atom stereocenters. The highest BCUT2D eigenvalue weighted by atomic mass is 32.2. The molecule has 2 aromatic rings. The third-order valence-electron chi connectivity index (χ3n) is 3.73. The van der Waals surface area contributed by atoms with E-state index in [9.17, 15) is 13.2 Å². The van der Waals surface area contributed by atoms with Crippen molar-refractivity contribution < 1.29 is 13.2 Å². The Hall–Kier alpha value is -2.18. The smallest absolute Gasteiger partial charge is 0.251 e. The summed E-state index contributed by atoms with van der Waals surface area (Å²) in [4.78, 5) is 12.3. The summed E-state index contributed by atoms with van der Waals surface area (Å²) in [6.07, 6.45) is 0. The number of hydrogen-bond donors (Lipinski definition) is 2. The van der Waals surface area contributed by atoms with Gasteiger partial charge in [0, 0.05) is 18.7 Å². The molecule has 6 heteroatoms. The third kappa shape index (κ3) is 4.43. The number of hydrogen-bond acceptors (Lipinski definition) is 3. The second-order valence-electron chi connectivity index (χ2n) is 5.74. The molecule has 0 spiro atoms. The van der Waals surface area contributed by atoms with Crippen LogP contribution in [0.2, 0.25) is 0 Å². The van der Waals surface area contributed by atoms with Crippen molar-refractivity contribution in [2.24, 2.45) is 0 Å². The van der Waals surface area contributed by atoms with E-state index in [1.54, 1.807) is 31.2 Å². The molecule has 0 fully saturated rings. The summed E-state index contributed by atoms with van der Waals surface area (Å²) < 4.78 is 27.2. The fourth-order valence-electron chi connectivity index (χ4n) is 2.36. The molecule has 0 heterocycles. The minimum atomic E-state index is -3.59. The molecule has 128 valence electrons. The van der Waals surface area contributed by atoms with Crippen molar-refractivity contribution in [1.82, 2.24) is 10.0 Å². The molecule has 0 aromatic heterocycles. The first-order valence-electron chi connectivity index (χ1n) is 7.72. The van der Waals surface area contributed by atoms with Crippen LogP contribution in [0.5, 0.6) is 0 Å². The van der Waals surface area contributed by atoms with Gasteiger partial charge < -0.3 is 5.32 Å². The van der Waals surface area contributed by atoms with Gasteiger partial charge in [-0.15, -0.1) is 0 Å². The van der Waals surface area contributed by atoms with Gasteiger partial charge in [-0.05, 0) is 49.6 Å². The number of carbonyl (C=O) groups is 1. The van der Waals surface area contributed by atoms with Crippen molar-refractivity contribution in [1.29, 1.82) is 0 Å². The fraction of sp³-hybridized carbons (Fsp3) is 0.278. The number of amides is 1. The van der Waals surface area contributed by atoms with E-state index >= 15 is 0 Å². The molecule has 0 saturated carbocycles. The maximum Gasteiger partial charge on any atom is 0.251 e. The predicted molar refractivity (Wildman–Crippen MR) is 94.6 cm³/mol. The van der Waals surface area contributed by atoms with Gasteiger partial charge in [-0.3, -0.25) is 4.79 Å². The molecule has 2 rings (SSSR count). The lowest BCUT2D eigenvalue weighted by atomic mass is 10.1. The van der Waals surface area contributed by atoms with E-state index in [4.69, 9.17) is 0 Å². The first-order valence-corrected chi connectivity index (χ1v) is 9.20. The van der Waals surface area contributed by atoms with E-state index in [1.165, 1.54) is 0 Å². The SMILES string of the molecule is Cc1ccc(C)c(S(=O)(=O)NCCNC(=O)c2ccccc2C)c1. The Balaban J connectivity index is 1.93. The first kappa shape index (κ1) is 18.2. The number of aryl methyl sites for hydroxylation is 3. The van der Waals surface area contributed by atoms with Crippen LogP contribution in [0.3, 0.4) is 0 Å². The second kappa shape index (κ2) is 7.59. The van der Waals surface area contributed by atoms with Gasteiger partial charge in [0.15, 0.2) is 0 Å². The molecule has 0 radical (unpaired) electrons. The number of rotatable bonds is 6. The Morgan fingerprint density at radius 3 is 2.38 bits per heavy atom. The Labute approximate surface area is 143 Å². The lowest BCUT2D eigenvalue weighted by Gasteiger charge is -2.11. The maximum absolute atomic E-state index is 12.4. The fourth-order valence-corrected chi connectivity index (χ4v) is 3.72. The van der Waals surface area contributed by atoms with Gasteiger partial charge in [0.2, 0.25) is 10.0 Å². The van der Waals surface area contributed by atoms with Gasteiger partial charge in [-0.1, -0.05) is 30.3 Å². The van der Waals surface area contributed by atoms with Crippen LogP contribution >= 0.6 is 0 Å². The Morgan fingerprint density at radius 1 is 0.958 bits per heavy atom. The summed E-state index contributed by atoms with van der Waals surface area (Å²) in [7, 11) is -3.59. The predicted octanol–water partition coefficient (Wildman–Crippen LogP) is 2.32. The van der Waals surface area contributed by atoms with Crippen LogP contribution in [0.1, 0.15) is 27.0 Å². The number of carbonyl (C=O) groups excluding carboxylic acids is 1. The molecule has 0 aliphatic carbocycles. The summed E-state index contributed by atoms with van der Waals surface area (Å²) in [5, 5.41) is 2.72. The lowest BCUT2D eigenvalue weighted by molar-refractivity contribution is 0.0953.